The van der Waals surface area contributed by atoms with E-state index in [1.807, 2.05) is 17.7 Å². The van der Waals surface area contributed by atoms with Gasteiger partial charge in [0.05, 0.1) is 11.9 Å². The molecule has 0 bridgehead atoms. The van der Waals surface area contributed by atoms with Crippen LogP contribution in [0.5, 0.6) is 0 Å². The molecule has 0 aliphatic heterocycles. The highest BCUT2D eigenvalue weighted by molar-refractivity contribution is 6.30. The zero-order valence-corrected chi connectivity index (χ0v) is 12.1. The van der Waals surface area contributed by atoms with E-state index in [0.717, 1.165) is 19.4 Å². The molecule has 0 unspecified atom stereocenters. The average Bonchev–Trinajstić information content (AvgIpc) is 2.91. The van der Waals surface area contributed by atoms with E-state index in [-0.39, 0.29) is 10.7 Å². The van der Waals surface area contributed by atoms with E-state index in [9.17, 15) is 9.59 Å². The van der Waals surface area contributed by atoms with E-state index >= 15 is 0 Å². The van der Waals surface area contributed by atoms with Gasteiger partial charge in [0.25, 0.3) is 5.56 Å². The minimum absolute atomic E-state index is 0.150. The highest BCUT2D eigenvalue weighted by Gasteiger charge is 2.10. The number of aromatic amines is 1. The molecule has 2 rings (SSSR count). The third-order valence-corrected chi connectivity index (χ3v) is 3.51. The first-order valence-corrected chi connectivity index (χ1v) is 6.98. The Labute approximate surface area is 121 Å². The quantitative estimate of drug-likeness (QED) is 0.647. The van der Waals surface area contributed by atoms with Crippen LogP contribution in [0.3, 0.4) is 0 Å². The molecule has 1 N–H and O–H groups in total. The van der Waals surface area contributed by atoms with E-state index in [0.29, 0.717) is 18.5 Å². The van der Waals surface area contributed by atoms with Crippen molar-refractivity contribution >= 4 is 11.6 Å². The highest BCUT2D eigenvalue weighted by Crippen LogP contribution is 2.06. The maximum Gasteiger partial charge on any atom is 0.329 e. The third-order valence-electron chi connectivity index (χ3n) is 3.19. The molecule has 0 spiro atoms. The molecule has 2 aromatic rings. The van der Waals surface area contributed by atoms with Gasteiger partial charge in [-0.3, -0.25) is 14.3 Å². The molecule has 6 nitrogen and oxygen atoms in total. The van der Waals surface area contributed by atoms with Gasteiger partial charge in [-0.15, -0.1) is 0 Å². The summed E-state index contributed by atoms with van der Waals surface area (Å²) in [5.74, 6) is 0. The van der Waals surface area contributed by atoms with Crippen molar-refractivity contribution in [3.05, 3.63) is 50.3 Å². The van der Waals surface area contributed by atoms with Gasteiger partial charge in [0.1, 0.15) is 5.15 Å². The van der Waals surface area contributed by atoms with E-state index in [2.05, 4.69) is 9.97 Å². The van der Waals surface area contributed by atoms with Crippen molar-refractivity contribution in [3.63, 3.8) is 0 Å². The van der Waals surface area contributed by atoms with Gasteiger partial charge in [0, 0.05) is 25.5 Å². The van der Waals surface area contributed by atoms with Gasteiger partial charge in [-0.25, -0.2) is 9.78 Å². The van der Waals surface area contributed by atoms with Crippen molar-refractivity contribution in [1.82, 2.24) is 19.1 Å². The maximum absolute atomic E-state index is 12.1. The van der Waals surface area contributed by atoms with Gasteiger partial charge in [0.15, 0.2) is 0 Å². The minimum Gasteiger partial charge on any atom is -0.337 e. The molecule has 2 heterocycles. The third kappa shape index (κ3) is 3.19. The number of nitrogens with one attached hydrogen (secondary N) is 1. The smallest absolute Gasteiger partial charge is 0.329 e. The molecular formula is C13H17ClN4O2. The second-order valence-electron chi connectivity index (χ2n) is 4.54. The van der Waals surface area contributed by atoms with Crippen LogP contribution in [0, 0.1) is 0 Å². The summed E-state index contributed by atoms with van der Waals surface area (Å²) >= 11 is 5.86. The SMILES string of the molecule is CCc1c(Cl)[nH]c(=O)n(CCCCn2ccnc2)c1=O. The van der Waals surface area contributed by atoms with Crippen LogP contribution < -0.4 is 11.2 Å². The highest BCUT2D eigenvalue weighted by atomic mass is 35.5. The fraction of sp³-hybridized carbons (Fsp3) is 0.462. The van der Waals surface area contributed by atoms with Crippen LogP contribution >= 0.6 is 11.6 Å². The van der Waals surface area contributed by atoms with Crippen molar-refractivity contribution in [2.24, 2.45) is 0 Å². The van der Waals surface area contributed by atoms with Crippen molar-refractivity contribution in [3.8, 4) is 0 Å². The Morgan fingerprint density at radius 3 is 2.70 bits per heavy atom. The van der Waals surface area contributed by atoms with Crippen LogP contribution in [0.1, 0.15) is 25.3 Å². The predicted molar refractivity (Wildman–Crippen MR) is 77.2 cm³/mol. The lowest BCUT2D eigenvalue weighted by molar-refractivity contribution is 0.527. The first-order chi connectivity index (χ1) is 9.63. The van der Waals surface area contributed by atoms with Crippen molar-refractivity contribution in [2.45, 2.75) is 39.3 Å². The molecule has 0 aromatic carbocycles. The Kier molecular flexibility index (Phi) is 4.79. The summed E-state index contributed by atoms with van der Waals surface area (Å²) < 4.78 is 3.19. The van der Waals surface area contributed by atoms with Gasteiger partial charge in [-0.1, -0.05) is 18.5 Å². The first-order valence-electron chi connectivity index (χ1n) is 6.60. The summed E-state index contributed by atoms with van der Waals surface area (Å²) in [7, 11) is 0. The van der Waals surface area contributed by atoms with Crippen molar-refractivity contribution in [2.75, 3.05) is 0 Å². The molecule has 0 saturated heterocycles. The molecular weight excluding hydrogens is 280 g/mol. The molecule has 0 atom stereocenters. The summed E-state index contributed by atoms with van der Waals surface area (Å²) in [6.45, 7) is 3.05. The predicted octanol–water partition coefficient (Wildman–Crippen LogP) is 1.43. The molecule has 108 valence electrons. The monoisotopic (exact) mass is 296 g/mol. The number of hydrogen-bond acceptors (Lipinski definition) is 3. The number of H-pyrrole nitrogens is 1. The van der Waals surface area contributed by atoms with Crippen LogP contribution in [-0.2, 0) is 19.5 Å². The molecule has 2 aromatic heterocycles. The Bertz CT molecular complexity index is 673. The molecule has 0 aliphatic rings. The number of rotatable bonds is 6. The lowest BCUT2D eigenvalue weighted by atomic mass is 10.2. The van der Waals surface area contributed by atoms with E-state index in [1.54, 1.807) is 12.5 Å². The number of aromatic nitrogens is 4. The summed E-state index contributed by atoms with van der Waals surface area (Å²) in [5.41, 5.74) is -0.274. The van der Waals surface area contributed by atoms with E-state index in [4.69, 9.17) is 11.6 Å². The van der Waals surface area contributed by atoms with Gasteiger partial charge in [-0.05, 0) is 19.3 Å². The minimum atomic E-state index is -0.445. The Morgan fingerprint density at radius 2 is 2.05 bits per heavy atom. The van der Waals surface area contributed by atoms with E-state index < -0.39 is 5.69 Å². The summed E-state index contributed by atoms with van der Waals surface area (Å²) in [5, 5.41) is 0.150. The average molecular weight is 297 g/mol. The normalized spacial score (nSPS) is 10.9. The van der Waals surface area contributed by atoms with Crippen molar-refractivity contribution < 1.29 is 0 Å². The Hall–Kier alpha value is -1.82. The molecule has 7 heteroatoms. The van der Waals surface area contributed by atoms with E-state index in [1.165, 1.54) is 4.57 Å². The lowest BCUT2D eigenvalue weighted by Gasteiger charge is -2.08. The molecule has 20 heavy (non-hydrogen) atoms. The molecule has 0 amide bonds. The summed E-state index contributed by atoms with van der Waals surface area (Å²) in [6.07, 6.45) is 7.47. The van der Waals surface area contributed by atoms with Gasteiger partial charge in [-0.2, -0.15) is 0 Å². The zero-order chi connectivity index (χ0) is 14.5. The van der Waals surface area contributed by atoms with Crippen LogP contribution in [0.2, 0.25) is 5.15 Å². The standard InChI is InChI=1S/C13H17ClN4O2/c1-2-10-11(14)16-13(20)18(12(10)19)7-4-3-6-17-8-5-15-9-17/h5,8-9H,2-4,6-7H2,1H3,(H,16,20). The van der Waals surface area contributed by atoms with Gasteiger partial charge < -0.3 is 4.57 Å². The van der Waals surface area contributed by atoms with Gasteiger partial charge >= 0.3 is 5.69 Å². The molecule has 0 saturated carbocycles. The van der Waals surface area contributed by atoms with Crippen LogP contribution in [-0.4, -0.2) is 19.1 Å². The Morgan fingerprint density at radius 1 is 1.30 bits per heavy atom. The number of unbranched alkanes of at least 4 members (excludes halogenated alkanes) is 1. The largest absolute Gasteiger partial charge is 0.337 e. The molecule has 0 aliphatic carbocycles. The number of halogens is 1. The van der Waals surface area contributed by atoms with Crippen LogP contribution in [0.15, 0.2) is 28.3 Å². The number of hydrogen-bond donors (Lipinski definition) is 1. The summed E-state index contributed by atoms with van der Waals surface area (Å²) in [6, 6.07) is 0. The van der Waals surface area contributed by atoms with Crippen molar-refractivity contribution in [1.29, 1.82) is 0 Å². The second-order valence-corrected chi connectivity index (χ2v) is 4.92. The lowest BCUT2D eigenvalue weighted by Crippen LogP contribution is -2.37. The molecule has 0 fully saturated rings. The molecule has 0 radical (unpaired) electrons. The zero-order valence-electron chi connectivity index (χ0n) is 11.3. The number of nitrogens with zero attached hydrogens (tertiary/aromatic N) is 3. The fourth-order valence-electron chi connectivity index (χ4n) is 2.08. The summed E-state index contributed by atoms with van der Waals surface area (Å²) in [4.78, 5) is 30.3. The topological polar surface area (TPSA) is 72.7 Å². The number of imidazole rings is 1. The second kappa shape index (κ2) is 6.56. The fourth-order valence-corrected chi connectivity index (χ4v) is 2.37. The first kappa shape index (κ1) is 14.6. The number of aryl methyl sites for hydroxylation is 1. The van der Waals surface area contributed by atoms with Gasteiger partial charge in [0.2, 0.25) is 0 Å². The van der Waals surface area contributed by atoms with Crippen LogP contribution in [0.4, 0.5) is 0 Å². The Balaban J connectivity index is 2.02. The maximum atomic E-state index is 12.1. The van der Waals surface area contributed by atoms with Crippen LogP contribution in [0.25, 0.3) is 0 Å².